The zero-order chi connectivity index (χ0) is 14.0. The minimum Gasteiger partial charge on any atom is -0.338 e. The van der Waals surface area contributed by atoms with Gasteiger partial charge in [-0.05, 0) is 6.92 Å². The lowest BCUT2D eigenvalue weighted by Crippen LogP contribution is -2.55. The van der Waals surface area contributed by atoms with E-state index < -0.39 is 0 Å². The van der Waals surface area contributed by atoms with Crippen molar-refractivity contribution >= 4 is 23.4 Å². The molecule has 7 heteroatoms. The number of alkyl halides is 1. The lowest BCUT2D eigenvalue weighted by atomic mass is 10.1. The van der Waals surface area contributed by atoms with Gasteiger partial charge in [0.2, 0.25) is 5.91 Å². The monoisotopic (exact) mass is 284 g/mol. The molecule has 1 atom stereocenters. The number of hydrogen-bond acceptors (Lipinski definition) is 3. The molecule has 104 valence electrons. The topological polar surface area (TPSA) is 58.4 Å². The molecule has 0 N–H and O–H groups in total. The van der Waals surface area contributed by atoms with E-state index in [2.05, 4.69) is 5.10 Å². The number of carbonyl (C=O) groups is 2. The van der Waals surface area contributed by atoms with Crippen molar-refractivity contribution in [3.8, 4) is 0 Å². The first-order valence-corrected chi connectivity index (χ1v) is 6.69. The van der Waals surface area contributed by atoms with E-state index in [1.54, 1.807) is 33.9 Å². The summed E-state index contributed by atoms with van der Waals surface area (Å²) >= 11 is 5.55. The maximum absolute atomic E-state index is 12.3. The van der Waals surface area contributed by atoms with E-state index in [4.69, 9.17) is 11.6 Å². The number of amides is 2. The van der Waals surface area contributed by atoms with Crippen LogP contribution in [0.2, 0.25) is 0 Å². The second-order valence-corrected chi connectivity index (χ2v) is 4.99. The van der Waals surface area contributed by atoms with E-state index in [-0.39, 0.29) is 23.7 Å². The minimum atomic E-state index is -0.0815. The van der Waals surface area contributed by atoms with Crippen LogP contribution in [0.15, 0.2) is 12.4 Å². The summed E-state index contributed by atoms with van der Waals surface area (Å²) in [5.74, 6) is -0.135. The first-order chi connectivity index (χ1) is 9.02. The van der Waals surface area contributed by atoms with Crippen LogP contribution in [0.5, 0.6) is 0 Å². The molecule has 2 amide bonds. The molecule has 0 saturated carbocycles. The Morgan fingerprint density at radius 3 is 2.74 bits per heavy atom. The Bertz CT molecular complexity index is 488. The molecule has 1 aromatic rings. The second kappa shape index (κ2) is 5.61. The average molecular weight is 285 g/mol. The van der Waals surface area contributed by atoms with Gasteiger partial charge in [0, 0.05) is 38.9 Å². The third-order valence-corrected chi connectivity index (χ3v) is 3.54. The third kappa shape index (κ3) is 2.89. The average Bonchev–Trinajstić information content (AvgIpc) is 2.83. The SMILES string of the molecule is C[C@H]1CN(C(=O)CCl)CCN1C(=O)c1cnn(C)c1. The lowest BCUT2D eigenvalue weighted by Gasteiger charge is -2.39. The molecule has 1 aromatic heterocycles. The van der Waals surface area contributed by atoms with Crippen molar-refractivity contribution in [1.29, 1.82) is 0 Å². The molecular formula is C12H17ClN4O2. The Balaban J connectivity index is 2.04. The number of carbonyl (C=O) groups excluding carboxylic acids is 2. The van der Waals surface area contributed by atoms with Crippen LogP contribution >= 0.6 is 11.6 Å². The molecule has 19 heavy (non-hydrogen) atoms. The van der Waals surface area contributed by atoms with Gasteiger partial charge in [-0.25, -0.2) is 0 Å². The summed E-state index contributed by atoms with van der Waals surface area (Å²) in [6.07, 6.45) is 3.26. The molecular weight excluding hydrogens is 268 g/mol. The molecule has 0 radical (unpaired) electrons. The fraction of sp³-hybridized carbons (Fsp3) is 0.583. The molecule has 0 bridgehead atoms. The largest absolute Gasteiger partial charge is 0.338 e. The predicted molar refractivity (Wildman–Crippen MR) is 71.0 cm³/mol. The van der Waals surface area contributed by atoms with E-state index in [9.17, 15) is 9.59 Å². The van der Waals surface area contributed by atoms with Gasteiger partial charge in [0.05, 0.1) is 11.8 Å². The smallest absolute Gasteiger partial charge is 0.257 e. The highest BCUT2D eigenvalue weighted by atomic mass is 35.5. The van der Waals surface area contributed by atoms with Crippen LogP contribution in [-0.2, 0) is 11.8 Å². The number of nitrogens with zero attached hydrogens (tertiary/aromatic N) is 4. The Kier molecular flexibility index (Phi) is 4.09. The first kappa shape index (κ1) is 13.9. The maximum Gasteiger partial charge on any atom is 0.257 e. The van der Waals surface area contributed by atoms with Crippen molar-refractivity contribution in [1.82, 2.24) is 19.6 Å². The molecule has 1 fully saturated rings. The van der Waals surface area contributed by atoms with Crippen LogP contribution in [0.4, 0.5) is 0 Å². The van der Waals surface area contributed by atoms with E-state index in [1.807, 2.05) is 6.92 Å². The van der Waals surface area contributed by atoms with Gasteiger partial charge >= 0.3 is 0 Å². The molecule has 1 aliphatic heterocycles. The van der Waals surface area contributed by atoms with Crippen molar-refractivity contribution in [2.75, 3.05) is 25.5 Å². The number of halogens is 1. The molecule has 1 aliphatic rings. The van der Waals surface area contributed by atoms with Crippen molar-refractivity contribution in [3.63, 3.8) is 0 Å². The normalized spacial score (nSPS) is 19.6. The highest BCUT2D eigenvalue weighted by Gasteiger charge is 2.30. The van der Waals surface area contributed by atoms with E-state index in [0.717, 1.165) is 0 Å². The summed E-state index contributed by atoms with van der Waals surface area (Å²) in [5.41, 5.74) is 0.575. The minimum absolute atomic E-state index is 0.0106. The van der Waals surface area contributed by atoms with Gasteiger partial charge in [-0.3, -0.25) is 14.3 Å². The van der Waals surface area contributed by atoms with Gasteiger partial charge in [-0.2, -0.15) is 5.10 Å². The molecule has 2 rings (SSSR count). The van der Waals surface area contributed by atoms with Crippen LogP contribution < -0.4 is 0 Å². The zero-order valence-corrected chi connectivity index (χ0v) is 11.8. The predicted octanol–water partition coefficient (Wildman–Crippen LogP) is 0.332. The summed E-state index contributed by atoms with van der Waals surface area (Å²) in [7, 11) is 1.78. The maximum atomic E-state index is 12.3. The number of aryl methyl sites for hydroxylation is 1. The van der Waals surface area contributed by atoms with Crippen LogP contribution in [0, 0.1) is 0 Å². The molecule has 0 unspecified atom stereocenters. The quantitative estimate of drug-likeness (QED) is 0.736. The molecule has 6 nitrogen and oxygen atoms in total. The number of rotatable bonds is 2. The molecule has 0 aromatic carbocycles. The van der Waals surface area contributed by atoms with Gasteiger partial charge in [0.25, 0.3) is 5.91 Å². The molecule has 2 heterocycles. The summed E-state index contributed by atoms with van der Waals surface area (Å²) < 4.78 is 1.60. The first-order valence-electron chi connectivity index (χ1n) is 6.16. The Morgan fingerprint density at radius 2 is 2.21 bits per heavy atom. The van der Waals surface area contributed by atoms with Crippen LogP contribution in [0.1, 0.15) is 17.3 Å². The van der Waals surface area contributed by atoms with Crippen LogP contribution in [0.3, 0.4) is 0 Å². The fourth-order valence-electron chi connectivity index (χ4n) is 2.27. The van der Waals surface area contributed by atoms with Gasteiger partial charge in [0.15, 0.2) is 0 Å². The fourth-order valence-corrected chi connectivity index (χ4v) is 2.44. The third-order valence-electron chi connectivity index (χ3n) is 3.31. The number of aromatic nitrogens is 2. The van der Waals surface area contributed by atoms with Gasteiger partial charge < -0.3 is 9.80 Å². The van der Waals surface area contributed by atoms with Gasteiger partial charge in [0.1, 0.15) is 5.88 Å². The van der Waals surface area contributed by atoms with Gasteiger partial charge in [-0.1, -0.05) is 0 Å². The number of hydrogen-bond donors (Lipinski definition) is 0. The van der Waals surface area contributed by atoms with E-state index in [1.165, 1.54) is 0 Å². The molecule has 0 aliphatic carbocycles. The standard InChI is InChI=1S/C12H17ClN4O2/c1-9-7-16(11(18)5-13)3-4-17(9)12(19)10-6-14-15(2)8-10/h6,8-9H,3-5,7H2,1-2H3/t9-/m0/s1. The Morgan fingerprint density at radius 1 is 1.47 bits per heavy atom. The Hall–Kier alpha value is -1.56. The highest BCUT2D eigenvalue weighted by molar-refractivity contribution is 6.27. The zero-order valence-electron chi connectivity index (χ0n) is 11.0. The van der Waals surface area contributed by atoms with Crippen molar-refractivity contribution in [3.05, 3.63) is 18.0 Å². The molecule has 1 saturated heterocycles. The van der Waals surface area contributed by atoms with E-state index in [0.29, 0.717) is 25.2 Å². The second-order valence-electron chi connectivity index (χ2n) is 4.72. The summed E-state index contributed by atoms with van der Waals surface area (Å²) in [6, 6.07) is -0.0198. The van der Waals surface area contributed by atoms with Crippen LogP contribution in [0.25, 0.3) is 0 Å². The highest BCUT2D eigenvalue weighted by Crippen LogP contribution is 2.14. The van der Waals surface area contributed by atoms with E-state index >= 15 is 0 Å². The molecule has 0 spiro atoms. The lowest BCUT2D eigenvalue weighted by molar-refractivity contribution is -0.130. The van der Waals surface area contributed by atoms with Crippen LogP contribution in [-0.4, -0.2) is 63.0 Å². The Labute approximate surface area is 116 Å². The van der Waals surface area contributed by atoms with Gasteiger partial charge in [-0.15, -0.1) is 11.6 Å². The van der Waals surface area contributed by atoms with Crippen molar-refractivity contribution in [2.24, 2.45) is 7.05 Å². The summed E-state index contributed by atoms with van der Waals surface area (Å²) in [5, 5.41) is 4.00. The summed E-state index contributed by atoms with van der Waals surface area (Å²) in [4.78, 5) is 27.3. The number of piperazine rings is 1. The van der Waals surface area contributed by atoms with Crippen molar-refractivity contribution < 1.29 is 9.59 Å². The van der Waals surface area contributed by atoms with Crippen molar-refractivity contribution in [2.45, 2.75) is 13.0 Å². The summed E-state index contributed by atoms with van der Waals surface area (Å²) in [6.45, 7) is 3.51.